The maximum absolute atomic E-state index is 15.2. The molecule has 6 saturated carbocycles. The number of rotatable bonds is 19. The Labute approximate surface area is 713 Å². The van der Waals surface area contributed by atoms with E-state index >= 15 is 4.79 Å². The molecular formula is C98H106BrN11O6S2. The van der Waals surface area contributed by atoms with Gasteiger partial charge in [-0.05, 0) is 286 Å². The number of nitrogens with zero attached hydrogens (tertiary/aromatic N) is 8. The molecule has 9 aliphatic carbocycles. The summed E-state index contributed by atoms with van der Waals surface area (Å²) in [7, 11) is 5.37. The smallest absolute Gasteiger partial charge is 0.262 e. The van der Waals surface area contributed by atoms with Crippen molar-refractivity contribution in [3.8, 4) is 24.3 Å². The van der Waals surface area contributed by atoms with E-state index in [-0.39, 0.29) is 52.1 Å². The first-order chi connectivity index (χ1) is 57.4. The first-order valence-corrected chi connectivity index (χ1v) is 45.2. The number of nitrogens with one attached hydrogen (secondary N) is 2. The minimum atomic E-state index is -0.986. The number of nitrogens with two attached hydrogens (primary N) is 1. The number of hydrogen-bond donors (Lipinski definition) is 3. The number of thiocarbonyl (C=S) groups is 1. The maximum atomic E-state index is 15.2. The lowest BCUT2D eigenvalue weighted by Gasteiger charge is -2.46. The first kappa shape index (κ1) is 82.4. The molecule has 0 aromatic heterocycles. The lowest BCUT2D eigenvalue weighted by molar-refractivity contribution is -0.139. The molecule has 7 aromatic rings. The minimum absolute atomic E-state index is 0.0173. The van der Waals surface area contributed by atoms with E-state index in [1.165, 1.54) is 96.7 Å². The number of ether oxygens (including phenoxy) is 3. The van der Waals surface area contributed by atoms with Gasteiger partial charge in [-0.25, -0.2) is 9.98 Å². The summed E-state index contributed by atoms with van der Waals surface area (Å²) in [5, 5.41) is 45.2. The molecule has 0 radical (unpaired) electrons. The fourth-order valence-electron chi connectivity index (χ4n) is 21.3. The van der Waals surface area contributed by atoms with Crippen LogP contribution in [0.1, 0.15) is 229 Å². The number of amidine groups is 1. The second-order valence-electron chi connectivity index (χ2n) is 35.5. The van der Waals surface area contributed by atoms with E-state index < -0.39 is 16.6 Å². The van der Waals surface area contributed by atoms with Crippen LogP contribution >= 0.6 is 39.9 Å². The number of carbonyl (C=O) groups excluding carboxylic acids is 3. The molecule has 3 unspecified atom stereocenters. The number of halogens is 1. The average molecular weight is 1680 g/mol. The lowest BCUT2D eigenvalue weighted by Crippen LogP contribution is -2.56. The largest absolute Gasteiger partial charge is 0.381 e. The van der Waals surface area contributed by atoms with Crippen molar-refractivity contribution in [3.63, 3.8) is 0 Å². The van der Waals surface area contributed by atoms with Crippen LogP contribution < -0.4 is 16.4 Å². The monoisotopic (exact) mass is 1680 g/mol. The number of benzene rings is 7. The zero-order valence-electron chi connectivity index (χ0n) is 68.1. The zero-order chi connectivity index (χ0) is 82.0. The number of aryl methyl sites for hydroxylation is 3. The second kappa shape index (κ2) is 34.8. The van der Waals surface area contributed by atoms with Crippen LogP contribution in [0, 0.1) is 79.3 Å². The maximum Gasteiger partial charge on any atom is 0.262 e. The summed E-state index contributed by atoms with van der Waals surface area (Å²) in [6.45, 7) is 0.673. The summed E-state index contributed by atoms with van der Waals surface area (Å²) < 4.78 is 17.1. The van der Waals surface area contributed by atoms with Crippen molar-refractivity contribution in [1.29, 1.82) is 21.0 Å². The first-order valence-electron chi connectivity index (χ1n) is 42.7. The lowest BCUT2D eigenvalue weighted by atomic mass is 9.61. The van der Waals surface area contributed by atoms with Crippen molar-refractivity contribution in [2.24, 2.45) is 49.7 Å². The van der Waals surface area contributed by atoms with E-state index in [2.05, 4.69) is 105 Å². The molecule has 3 aliphatic heterocycles. The molecule has 17 nitrogen and oxygen atoms in total. The van der Waals surface area contributed by atoms with Crippen molar-refractivity contribution >= 4 is 73.9 Å². The van der Waals surface area contributed by atoms with Gasteiger partial charge < -0.3 is 30.6 Å². The van der Waals surface area contributed by atoms with Gasteiger partial charge in [0.1, 0.15) is 0 Å². The van der Waals surface area contributed by atoms with E-state index in [1.54, 1.807) is 56.2 Å². The third-order valence-electron chi connectivity index (χ3n) is 28.4. The zero-order valence-corrected chi connectivity index (χ0v) is 71.3. The van der Waals surface area contributed by atoms with Crippen molar-refractivity contribution in [1.82, 2.24) is 20.4 Å². The van der Waals surface area contributed by atoms with Crippen LogP contribution in [0.2, 0.25) is 0 Å². The highest BCUT2D eigenvalue weighted by molar-refractivity contribution is 9.08. The Kier molecular flexibility index (Phi) is 24.3. The SMILES string of the molecule is COC1CCC2(CC1)Cc1ccc(CCC3CC3)cc1C21N=C(N)N(Cc2cccc(C#N)c2)C1=O.COC1CCC2(CC1)Cc1ccc(CCC3CC3)cc1C21N=C(SCc2cccc(C#N)c2)N(Cc2cccc(C#N)c2)C1=O.COC1CCC2(CC1)Cc1ccc(CCC3CC3)cc1C21NC(=S)NC1=O.N#Cc1cccc(CBr)c1. The van der Waals surface area contributed by atoms with Crippen LogP contribution in [0.3, 0.4) is 0 Å². The van der Waals surface area contributed by atoms with E-state index in [4.69, 9.17) is 47.4 Å². The van der Waals surface area contributed by atoms with E-state index in [0.717, 1.165) is 178 Å². The topological polar surface area (TPSA) is 255 Å². The van der Waals surface area contributed by atoms with Gasteiger partial charge in [0.15, 0.2) is 32.9 Å². The van der Waals surface area contributed by atoms with Crippen LogP contribution in [0.5, 0.6) is 0 Å². The van der Waals surface area contributed by atoms with Crippen molar-refractivity contribution in [3.05, 3.63) is 246 Å². The molecule has 19 rings (SSSR count). The molecule has 7 aromatic carbocycles. The number of alkyl halides is 1. The molecule has 608 valence electrons. The van der Waals surface area contributed by atoms with Crippen molar-refractivity contribution in [2.75, 3.05) is 21.3 Å². The number of nitriles is 4. The summed E-state index contributed by atoms with van der Waals surface area (Å²) in [5.41, 5.74) is 20.7. The number of hydrogen-bond acceptors (Lipinski definition) is 15. The molecule has 3 heterocycles. The normalized spacial score (nSPS) is 27.2. The van der Waals surface area contributed by atoms with Gasteiger partial charge in [-0.1, -0.05) is 169 Å². The quantitative estimate of drug-likeness (QED) is 0.0503. The number of methoxy groups -OCH3 is 3. The number of thioether (sulfide) groups is 1. The van der Waals surface area contributed by atoms with Crippen molar-refractivity contribution < 1.29 is 28.6 Å². The molecular weight excluding hydrogens is 1570 g/mol. The van der Waals surface area contributed by atoms with Crippen LogP contribution in [-0.4, -0.2) is 83.4 Å². The summed E-state index contributed by atoms with van der Waals surface area (Å²) >= 11 is 10.3. The Hall–Kier alpha value is -9.35. The van der Waals surface area contributed by atoms with Gasteiger partial charge in [-0.2, -0.15) is 21.0 Å². The highest BCUT2D eigenvalue weighted by Crippen LogP contribution is 2.65. The van der Waals surface area contributed by atoms with Gasteiger partial charge in [0, 0.05) is 48.7 Å². The van der Waals surface area contributed by atoms with Gasteiger partial charge >= 0.3 is 0 Å². The van der Waals surface area contributed by atoms with E-state index in [0.29, 0.717) is 51.9 Å². The highest BCUT2D eigenvalue weighted by atomic mass is 79.9. The van der Waals surface area contributed by atoms with Gasteiger partial charge in [-0.15, -0.1) is 0 Å². The van der Waals surface area contributed by atoms with Crippen LogP contribution in [0.15, 0.2) is 162 Å². The Bertz CT molecular complexity index is 5250. The predicted molar refractivity (Wildman–Crippen MR) is 466 cm³/mol. The van der Waals surface area contributed by atoms with Gasteiger partial charge in [0.25, 0.3) is 17.7 Å². The Balaban J connectivity index is 0.000000128. The number of carbonyl (C=O) groups is 3. The molecule has 6 spiro atoms. The molecule has 1 saturated heterocycles. The Morgan fingerprint density at radius 3 is 1.26 bits per heavy atom. The fourth-order valence-corrected chi connectivity index (χ4v) is 22.9. The fraction of sp³-hybridized carbons (Fsp3) is 0.469. The number of amides is 3. The summed E-state index contributed by atoms with van der Waals surface area (Å²) in [6, 6.07) is 59.3. The predicted octanol–water partition coefficient (Wildman–Crippen LogP) is 17.8. The number of aliphatic imine (C=N–C) groups is 2. The highest BCUT2D eigenvalue weighted by Gasteiger charge is 2.69. The molecule has 3 amide bonds. The third kappa shape index (κ3) is 16.1. The summed E-state index contributed by atoms with van der Waals surface area (Å²) in [6.07, 6.45) is 29.6. The molecule has 12 aliphatic rings. The molecule has 7 fully saturated rings. The minimum Gasteiger partial charge on any atom is -0.381 e. The second-order valence-corrected chi connectivity index (χ2v) is 37.4. The molecule has 3 atom stereocenters. The molecule has 4 N–H and O–H groups in total. The third-order valence-corrected chi connectivity index (χ3v) is 30.3. The molecule has 0 bridgehead atoms. The van der Waals surface area contributed by atoms with Crippen molar-refractivity contribution in [2.45, 2.75) is 232 Å². The Morgan fingerprint density at radius 2 is 0.847 bits per heavy atom. The Morgan fingerprint density at radius 1 is 0.475 bits per heavy atom. The van der Waals surface area contributed by atoms with Gasteiger partial charge in [0.2, 0.25) is 0 Å². The standard InChI is InChI=1S/C38H38N4O2S.C30H34N4O2.C22H28N2O2S.C8H6BrN/c1-44-33-14-16-37(17-15-33)21-32-13-12-27(11-10-26-8-9-26)20-34(32)38(37)35(43)42(24-30-6-2-4-28(18-30)22-39)36(41-38)45-25-31-7-3-5-29(19-31)23-40;1-36-25-11-13-29(14-12-25)17-24-10-9-21(8-7-20-5-6-20)16-26(24)30(29)27(35)34(28(32)33-30)19-23-4-2-3-22(15-23)18-31;1-26-17-8-10-21(11-9-17)13-16-7-6-15(5-4-14-2-3-14)12-18(16)22(21)19(25)23-20(27)24-22;9-5-7-2-1-3-8(4-7)6-10/h2-7,12-13,18-20,26,33H,8-11,14-17,21,24-25H2,1H3;2-4,9-10,15-16,20,25H,5-8,11-14,17,19H2,1H3,(H2,32,33);6-7,12,14,17H,2-5,8-11,13H2,1H3,(H2,23,24,25,27);1-4H,5H2. The van der Waals surface area contributed by atoms with Crippen LogP contribution in [-0.2, 0) is 108 Å². The van der Waals surface area contributed by atoms with E-state index in [9.17, 15) is 25.4 Å². The van der Waals surface area contributed by atoms with Gasteiger partial charge in [-0.3, -0.25) is 24.2 Å². The number of fused-ring (bicyclic) bond motifs is 9. The van der Waals surface area contributed by atoms with Crippen LogP contribution in [0.25, 0.3) is 0 Å². The summed E-state index contributed by atoms with van der Waals surface area (Å²) in [4.78, 5) is 57.3. The number of guanidine groups is 1. The van der Waals surface area contributed by atoms with Crippen LogP contribution in [0.4, 0.5) is 0 Å². The van der Waals surface area contributed by atoms with E-state index in [1.807, 2.05) is 83.8 Å². The average Bonchev–Trinajstić information content (AvgIpc) is 1.53. The van der Waals surface area contributed by atoms with Gasteiger partial charge in [0.05, 0.1) is 77.9 Å². The summed E-state index contributed by atoms with van der Waals surface area (Å²) in [5.74, 6) is 3.58. The molecule has 118 heavy (non-hydrogen) atoms. The molecule has 20 heteroatoms.